The van der Waals surface area contributed by atoms with Gasteiger partial charge in [0.25, 0.3) is 0 Å². The number of esters is 1. The van der Waals surface area contributed by atoms with Crippen molar-refractivity contribution in [2.45, 2.75) is 39.7 Å². The molecule has 0 aliphatic rings. The Morgan fingerprint density at radius 3 is 2.32 bits per heavy atom. The van der Waals surface area contributed by atoms with Gasteiger partial charge >= 0.3 is 11.9 Å². The third-order valence-electron chi connectivity index (χ3n) is 3.67. The highest BCUT2D eigenvalue weighted by atomic mass is 16.5. The molecule has 0 aliphatic carbocycles. The van der Waals surface area contributed by atoms with E-state index in [1.807, 2.05) is 44.2 Å². The summed E-state index contributed by atoms with van der Waals surface area (Å²) >= 11 is 0. The summed E-state index contributed by atoms with van der Waals surface area (Å²) in [6, 6.07) is 9.41. The van der Waals surface area contributed by atoms with Crippen LogP contribution in [0.4, 0.5) is 0 Å². The molecule has 0 spiro atoms. The lowest BCUT2D eigenvalue weighted by Gasteiger charge is -2.22. The second-order valence-corrected chi connectivity index (χ2v) is 5.65. The number of hydrogen-bond donors (Lipinski definition) is 1. The zero-order valence-corrected chi connectivity index (χ0v) is 13.4. The molecule has 0 heterocycles. The molecule has 4 heteroatoms. The molecule has 22 heavy (non-hydrogen) atoms. The van der Waals surface area contributed by atoms with Gasteiger partial charge in [0.15, 0.2) is 0 Å². The fraction of sp³-hybridized carbons (Fsp3) is 0.444. The second kappa shape index (κ2) is 8.37. The van der Waals surface area contributed by atoms with Crippen LogP contribution >= 0.6 is 0 Å². The van der Waals surface area contributed by atoms with Crippen molar-refractivity contribution < 1.29 is 19.4 Å². The van der Waals surface area contributed by atoms with Crippen molar-refractivity contribution in [2.24, 2.45) is 11.8 Å². The molecule has 0 saturated heterocycles. The van der Waals surface area contributed by atoms with Crippen molar-refractivity contribution in [1.29, 1.82) is 0 Å². The molecular weight excluding hydrogens is 280 g/mol. The van der Waals surface area contributed by atoms with E-state index in [4.69, 9.17) is 9.84 Å². The minimum atomic E-state index is -0.897. The van der Waals surface area contributed by atoms with E-state index < -0.39 is 23.9 Å². The monoisotopic (exact) mass is 304 g/mol. The van der Waals surface area contributed by atoms with Gasteiger partial charge in [-0.25, -0.2) is 0 Å². The van der Waals surface area contributed by atoms with Crippen molar-refractivity contribution in [1.82, 2.24) is 0 Å². The molecule has 1 aromatic carbocycles. The standard InChI is InChI=1S/C18H24O4/c1-5-14(11-13(4)17(19)20)18(21)22-16(12(2)3)15-9-7-6-8-10-15/h6-10,13-14,16H,2,5,11H2,1,3-4H3,(H,19,20). The number of benzene rings is 1. The smallest absolute Gasteiger partial charge is 0.309 e. The Morgan fingerprint density at radius 1 is 1.27 bits per heavy atom. The van der Waals surface area contributed by atoms with Gasteiger partial charge in [-0.15, -0.1) is 0 Å². The molecule has 0 radical (unpaired) electrons. The minimum absolute atomic E-state index is 0.280. The predicted molar refractivity (Wildman–Crippen MR) is 85.3 cm³/mol. The van der Waals surface area contributed by atoms with Crippen molar-refractivity contribution in [3.05, 3.63) is 48.0 Å². The summed E-state index contributed by atoms with van der Waals surface area (Å²) in [5.41, 5.74) is 1.60. The number of ether oxygens (including phenoxy) is 1. The molecule has 1 rings (SSSR count). The molecule has 0 aromatic heterocycles. The third-order valence-corrected chi connectivity index (χ3v) is 3.67. The van der Waals surface area contributed by atoms with Crippen molar-refractivity contribution in [3.63, 3.8) is 0 Å². The molecular formula is C18H24O4. The van der Waals surface area contributed by atoms with Gasteiger partial charge in [-0.3, -0.25) is 9.59 Å². The van der Waals surface area contributed by atoms with Crippen LogP contribution in [0.15, 0.2) is 42.5 Å². The molecule has 1 N–H and O–H groups in total. The highest BCUT2D eigenvalue weighted by Crippen LogP contribution is 2.27. The first-order valence-corrected chi connectivity index (χ1v) is 7.50. The largest absolute Gasteiger partial charge is 0.481 e. The number of carboxylic acids is 1. The van der Waals surface area contributed by atoms with Gasteiger partial charge in [-0.2, -0.15) is 0 Å². The van der Waals surface area contributed by atoms with Crippen LogP contribution in [0.3, 0.4) is 0 Å². The van der Waals surface area contributed by atoms with Crippen molar-refractivity contribution in [3.8, 4) is 0 Å². The first-order chi connectivity index (χ1) is 10.4. The Labute approximate surface area is 131 Å². The summed E-state index contributed by atoms with van der Waals surface area (Å²) in [6.45, 7) is 9.16. The second-order valence-electron chi connectivity index (χ2n) is 5.65. The first-order valence-electron chi connectivity index (χ1n) is 7.50. The van der Waals surface area contributed by atoms with Crippen LogP contribution in [0.2, 0.25) is 0 Å². The first kappa shape index (κ1) is 18.0. The van der Waals surface area contributed by atoms with Crippen LogP contribution < -0.4 is 0 Å². The van der Waals surface area contributed by atoms with E-state index in [0.29, 0.717) is 6.42 Å². The number of carbonyl (C=O) groups is 2. The van der Waals surface area contributed by atoms with E-state index in [9.17, 15) is 9.59 Å². The molecule has 0 fully saturated rings. The Hall–Kier alpha value is -2.10. The fourth-order valence-electron chi connectivity index (χ4n) is 2.25. The highest BCUT2D eigenvalue weighted by Gasteiger charge is 2.27. The zero-order valence-electron chi connectivity index (χ0n) is 13.4. The van der Waals surface area contributed by atoms with E-state index in [1.165, 1.54) is 0 Å². The van der Waals surface area contributed by atoms with Crippen LogP contribution in [0, 0.1) is 11.8 Å². The number of aliphatic carboxylic acids is 1. The molecule has 0 amide bonds. The maximum absolute atomic E-state index is 12.4. The summed E-state index contributed by atoms with van der Waals surface area (Å²) in [6.07, 6.45) is 0.333. The number of hydrogen-bond acceptors (Lipinski definition) is 3. The van der Waals surface area contributed by atoms with Crippen LogP contribution in [0.5, 0.6) is 0 Å². The zero-order chi connectivity index (χ0) is 16.7. The van der Waals surface area contributed by atoms with Crippen LogP contribution in [-0.2, 0) is 14.3 Å². The maximum atomic E-state index is 12.4. The third kappa shape index (κ3) is 5.02. The van der Waals surface area contributed by atoms with Crippen LogP contribution in [0.1, 0.15) is 45.3 Å². The van der Waals surface area contributed by atoms with Gasteiger partial charge in [0.1, 0.15) is 6.10 Å². The van der Waals surface area contributed by atoms with Crippen LogP contribution in [0.25, 0.3) is 0 Å². The van der Waals surface area contributed by atoms with Gasteiger partial charge in [0.2, 0.25) is 0 Å². The predicted octanol–water partition coefficient (Wildman–Crippen LogP) is 3.98. The van der Waals surface area contributed by atoms with Crippen molar-refractivity contribution in [2.75, 3.05) is 0 Å². The minimum Gasteiger partial charge on any atom is -0.481 e. The van der Waals surface area contributed by atoms with Crippen molar-refractivity contribution >= 4 is 11.9 Å². The highest BCUT2D eigenvalue weighted by molar-refractivity contribution is 5.75. The lowest BCUT2D eigenvalue weighted by atomic mass is 9.93. The van der Waals surface area contributed by atoms with E-state index in [0.717, 1.165) is 11.1 Å². The molecule has 4 nitrogen and oxygen atoms in total. The molecule has 0 aliphatic heterocycles. The van der Waals surface area contributed by atoms with Gasteiger partial charge in [0.05, 0.1) is 11.8 Å². The number of carbonyl (C=O) groups excluding carboxylic acids is 1. The van der Waals surface area contributed by atoms with Gasteiger partial charge < -0.3 is 9.84 Å². The lowest BCUT2D eigenvalue weighted by molar-refractivity contribution is -0.154. The Morgan fingerprint density at radius 2 is 1.86 bits per heavy atom. The maximum Gasteiger partial charge on any atom is 0.309 e. The quantitative estimate of drug-likeness (QED) is 0.583. The number of rotatable bonds is 8. The SMILES string of the molecule is C=C(C)C(OC(=O)C(CC)CC(C)C(=O)O)c1ccccc1. The summed E-state index contributed by atoms with van der Waals surface area (Å²) in [7, 11) is 0. The summed E-state index contributed by atoms with van der Waals surface area (Å²) in [5.74, 6) is -2.26. The van der Waals surface area contributed by atoms with E-state index in [1.54, 1.807) is 6.92 Å². The van der Waals surface area contributed by atoms with Crippen LogP contribution in [-0.4, -0.2) is 17.0 Å². The molecule has 0 saturated carbocycles. The average Bonchev–Trinajstić information content (AvgIpc) is 2.50. The molecule has 1 aromatic rings. The molecule has 120 valence electrons. The van der Waals surface area contributed by atoms with Gasteiger partial charge in [-0.05, 0) is 30.9 Å². The topological polar surface area (TPSA) is 63.6 Å². The Kier molecular flexibility index (Phi) is 6.83. The normalized spacial score (nSPS) is 14.7. The molecule has 3 atom stereocenters. The Balaban J connectivity index is 2.82. The lowest BCUT2D eigenvalue weighted by Crippen LogP contribution is -2.24. The number of carboxylic acid groups (broad SMARTS) is 1. The fourth-order valence-corrected chi connectivity index (χ4v) is 2.25. The molecule has 3 unspecified atom stereocenters. The Bertz CT molecular complexity index is 521. The molecule has 0 bridgehead atoms. The average molecular weight is 304 g/mol. The van der Waals surface area contributed by atoms with E-state index in [-0.39, 0.29) is 12.4 Å². The van der Waals surface area contributed by atoms with E-state index in [2.05, 4.69) is 6.58 Å². The van der Waals surface area contributed by atoms with Gasteiger partial charge in [0, 0.05) is 0 Å². The summed E-state index contributed by atoms with van der Waals surface area (Å²) < 4.78 is 5.60. The van der Waals surface area contributed by atoms with Gasteiger partial charge in [-0.1, -0.05) is 50.8 Å². The van der Waals surface area contributed by atoms with E-state index >= 15 is 0 Å². The summed E-state index contributed by atoms with van der Waals surface area (Å²) in [5, 5.41) is 8.99. The summed E-state index contributed by atoms with van der Waals surface area (Å²) in [4.78, 5) is 23.3.